The van der Waals surface area contributed by atoms with Crippen molar-refractivity contribution in [2.45, 2.75) is 58.6 Å². The molecule has 0 atom stereocenters. The summed E-state index contributed by atoms with van der Waals surface area (Å²) in [6, 6.07) is 8.13. The van der Waals surface area contributed by atoms with Gasteiger partial charge in [-0.25, -0.2) is 0 Å². The monoisotopic (exact) mass is 426 g/mol. The predicted molar refractivity (Wildman–Crippen MR) is 123 cm³/mol. The van der Waals surface area contributed by atoms with E-state index in [4.69, 9.17) is 9.15 Å². The number of amides is 1. The van der Waals surface area contributed by atoms with Crippen LogP contribution in [0.2, 0.25) is 0 Å². The summed E-state index contributed by atoms with van der Waals surface area (Å²) in [7, 11) is 1.75. The Hall–Kier alpha value is -2.96. The lowest BCUT2D eigenvalue weighted by atomic mass is 10.1. The van der Waals surface area contributed by atoms with Gasteiger partial charge in [-0.2, -0.15) is 0 Å². The van der Waals surface area contributed by atoms with Crippen molar-refractivity contribution < 1.29 is 13.9 Å². The standard InChI is InChI=1S/C24H34N4O3/c1-17-9-10-19(21(15-17)31-20-7-4-5-8-20)16-28-24(25-3)27-13-6-12-26-23(29)22-18(2)11-14-30-22/h9-11,14-15,20H,4-8,12-13,16H2,1-3H3,(H,26,29)(H2,25,27,28). The molecule has 3 rings (SSSR count). The Bertz CT molecular complexity index is 885. The van der Waals surface area contributed by atoms with Crippen molar-refractivity contribution >= 4 is 11.9 Å². The SMILES string of the molecule is CN=C(NCCCNC(=O)c1occc1C)NCc1ccc(C)cc1OC1CCCC1. The molecule has 0 radical (unpaired) electrons. The van der Waals surface area contributed by atoms with Gasteiger partial charge in [0.25, 0.3) is 5.91 Å². The maximum atomic E-state index is 12.0. The number of nitrogens with zero attached hydrogens (tertiary/aromatic N) is 1. The van der Waals surface area contributed by atoms with Crippen LogP contribution in [0.25, 0.3) is 0 Å². The summed E-state index contributed by atoms with van der Waals surface area (Å²) < 4.78 is 11.5. The second-order valence-electron chi connectivity index (χ2n) is 8.03. The van der Waals surface area contributed by atoms with Crippen LogP contribution in [0.1, 0.15) is 59.3 Å². The number of hydrogen-bond donors (Lipinski definition) is 3. The van der Waals surface area contributed by atoms with Crippen molar-refractivity contribution in [2.75, 3.05) is 20.1 Å². The summed E-state index contributed by atoms with van der Waals surface area (Å²) in [4.78, 5) is 16.3. The minimum absolute atomic E-state index is 0.181. The van der Waals surface area contributed by atoms with Gasteiger partial charge in [0.2, 0.25) is 0 Å². The molecule has 1 saturated carbocycles. The maximum absolute atomic E-state index is 12.0. The molecule has 3 N–H and O–H groups in total. The van der Waals surface area contributed by atoms with E-state index in [0.717, 1.165) is 42.1 Å². The van der Waals surface area contributed by atoms with Gasteiger partial charge in [0.05, 0.1) is 12.4 Å². The highest BCUT2D eigenvalue weighted by Crippen LogP contribution is 2.27. The molecule has 1 aliphatic carbocycles. The van der Waals surface area contributed by atoms with Crippen LogP contribution >= 0.6 is 0 Å². The Labute approximate surface area is 184 Å². The van der Waals surface area contributed by atoms with Gasteiger partial charge in [-0.3, -0.25) is 9.79 Å². The summed E-state index contributed by atoms with van der Waals surface area (Å²) in [6.07, 6.45) is 7.41. The molecule has 0 unspecified atom stereocenters. The molecule has 1 heterocycles. The summed E-state index contributed by atoms with van der Waals surface area (Å²) in [5, 5.41) is 9.52. The zero-order valence-corrected chi connectivity index (χ0v) is 18.8. The van der Waals surface area contributed by atoms with E-state index in [2.05, 4.69) is 46.1 Å². The van der Waals surface area contributed by atoms with Crippen LogP contribution in [0.5, 0.6) is 5.75 Å². The van der Waals surface area contributed by atoms with Crippen molar-refractivity contribution in [3.8, 4) is 5.75 Å². The summed E-state index contributed by atoms with van der Waals surface area (Å²) in [5.41, 5.74) is 3.17. The van der Waals surface area contributed by atoms with Crippen molar-refractivity contribution in [3.63, 3.8) is 0 Å². The average molecular weight is 427 g/mol. The molecule has 31 heavy (non-hydrogen) atoms. The molecule has 1 aliphatic rings. The molecule has 1 aromatic carbocycles. The zero-order valence-electron chi connectivity index (χ0n) is 18.8. The number of aliphatic imine (C=N–C) groups is 1. The Morgan fingerprint density at radius 1 is 1.13 bits per heavy atom. The van der Waals surface area contributed by atoms with Gasteiger partial charge in [-0.05, 0) is 63.6 Å². The third-order valence-corrected chi connectivity index (χ3v) is 5.49. The van der Waals surface area contributed by atoms with Crippen LogP contribution in [0.3, 0.4) is 0 Å². The van der Waals surface area contributed by atoms with Gasteiger partial charge in [-0.15, -0.1) is 0 Å². The number of hydrogen-bond acceptors (Lipinski definition) is 4. The van der Waals surface area contributed by atoms with Crippen LogP contribution in [0, 0.1) is 13.8 Å². The molecule has 7 heteroatoms. The van der Waals surface area contributed by atoms with Crippen molar-refractivity contribution in [1.29, 1.82) is 0 Å². The molecule has 0 saturated heterocycles. The molecule has 2 aromatic rings. The van der Waals surface area contributed by atoms with E-state index in [1.165, 1.54) is 24.7 Å². The molecular weight excluding hydrogens is 392 g/mol. The molecule has 7 nitrogen and oxygen atoms in total. The molecule has 1 amide bonds. The van der Waals surface area contributed by atoms with E-state index >= 15 is 0 Å². The van der Waals surface area contributed by atoms with Crippen LogP contribution in [0.4, 0.5) is 0 Å². The smallest absolute Gasteiger partial charge is 0.287 e. The highest BCUT2D eigenvalue weighted by atomic mass is 16.5. The fraction of sp³-hybridized carbons (Fsp3) is 0.500. The van der Waals surface area contributed by atoms with Gasteiger partial charge < -0.3 is 25.1 Å². The van der Waals surface area contributed by atoms with Crippen LogP contribution in [0.15, 0.2) is 39.9 Å². The Morgan fingerprint density at radius 3 is 2.61 bits per heavy atom. The first-order valence-corrected chi connectivity index (χ1v) is 11.1. The molecule has 1 fully saturated rings. The number of furan rings is 1. The normalized spacial score (nSPS) is 14.5. The number of carbonyl (C=O) groups excluding carboxylic acids is 1. The van der Waals surface area contributed by atoms with Gasteiger partial charge in [0, 0.05) is 37.8 Å². The number of carbonyl (C=O) groups is 1. The quantitative estimate of drug-likeness (QED) is 0.323. The number of benzene rings is 1. The van der Waals surface area contributed by atoms with Crippen molar-refractivity contribution in [2.24, 2.45) is 4.99 Å². The Balaban J connectivity index is 1.41. The van der Waals surface area contributed by atoms with Crippen molar-refractivity contribution in [1.82, 2.24) is 16.0 Å². The Kier molecular flexibility index (Phi) is 8.38. The predicted octanol–water partition coefficient (Wildman–Crippen LogP) is 3.70. The lowest BCUT2D eigenvalue weighted by molar-refractivity contribution is 0.0925. The molecule has 1 aromatic heterocycles. The summed E-state index contributed by atoms with van der Waals surface area (Å²) >= 11 is 0. The lowest BCUT2D eigenvalue weighted by Gasteiger charge is -2.18. The summed E-state index contributed by atoms with van der Waals surface area (Å²) in [6.45, 7) is 5.83. The van der Waals surface area contributed by atoms with Crippen LogP contribution in [-0.2, 0) is 6.54 Å². The number of ether oxygens (including phenoxy) is 1. The highest BCUT2D eigenvalue weighted by molar-refractivity contribution is 5.92. The minimum atomic E-state index is -0.181. The number of rotatable bonds is 9. The zero-order chi connectivity index (χ0) is 22.1. The second kappa shape index (κ2) is 11.4. The topological polar surface area (TPSA) is 87.9 Å². The maximum Gasteiger partial charge on any atom is 0.287 e. The first-order valence-electron chi connectivity index (χ1n) is 11.1. The van der Waals surface area contributed by atoms with Crippen LogP contribution < -0.4 is 20.7 Å². The molecule has 0 aliphatic heterocycles. The third-order valence-electron chi connectivity index (χ3n) is 5.49. The van der Waals surface area contributed by atoms with Gasteiger partial charge in [0.1, 0.15) is 5.75 Å². The average Bonchev–Trinajstić information content (AvgIpc) is 3.42. The highest BCUT2D eigenvalue weighted by Gasteiger charge is 2.18. The summed E-state index contributed by atoms with van der Waals surface area (Å²) in [5.74, 6) is 1.88. The molecule has 0 spiro atoms. The van der Waals surface area contributed by atoms with E-state index < -0.39 is 0 Å². The minimum Gasteiger partial charge on any atom is -0.490 e. The Morgan fingerprint density at radius 2 is 1.90 bits per heavy atom. The second-order valence-corrected chi connectivity index (χ2v) is 8.03. The van der Waals surface area contributed by atoms with Gasteiger partial charge >= 0.3 is 0 Å². The number of guanidine groups is 1. The van der Waals surface area contributed by atoms with E-state index in [1.807, 2.05) is 6.92 Å². The number of aryl methyl sites for hydroxylation is 2. The molecule has 0 bridgehead atoms. The molecular formula is C24H34N4O3. The fourth-order valence-corrected chi connectivity index (χ4v) is 3.69. The fourth-order valence-electron chi connectivity index (χ4n) is 3.69. The van der Waals surface area contributed by atoms with E-state index in [1.54, 1.807) is 13.1 Å². The molecule has 168 valence electrons. The van der Waals surface area contributed by atoms with E-state index in [-0.39, 0.29) is 5.91 Å². The van der Waals surface area contributed by atoms with Crippen molar-refractivity contribution in [3.05, 3.63) is 53.0 Å². The number of nitrogens with one attached hydrogen (secondary N) is 3. The first kappa shape index (κ1) is 22.7. The third kappa shape index (κ3) is 6.77. The van der Waals surface area contributed by atoms with Gasteiger partial charge in [-0.1, -0.05) is 12.1 Å². The lowest BCUT2D eigenvalue weighted by Crippen LogP contribution is -2.38. The van der Waals surface area contributed by atoms with Crippen LogP contribution in [-0.4, -0.2) is 38.1 Å². The van der Waals surface area contributed by atoms with Gasteiger partial charge in [0.15, 0.2) is 11.7 Å². The van der Waals surface area contributed by atoms with E-state index in [0.29, 0.717) is 31.5 Å². The van der Waals surface area contributed by atoms with E-state index in [9.17, 15) is 4.79 Å². The largest absolute Gasteiger partial charge is 0.490 e. The first-order chi connectivity index (χ1) is 15.1.